The summed E-state index contributed by atoms with van der Waals surface area (Å²) in [5, 5.41) is 9.26. The molecule has 0 saturated heterocycles. The highest BCUT2D eigenvalue weighted by molar-refractivity contribution is 6.34. The van der Waals surface area contributed by atoms with Gasteiger partial charge in [-0.3, -0.25) is 9.89 Å². The number of rotatable bonds is 2. The Morgan fingerprint density at radius 2 is 2.31 bits per heavy atom. The van der Waals surface area contributed by atoms with Gasteiger partial charge in [-0.25, -0.2) is 0 Å². The van der Waals surface area contributed by atoms with Gasteiger partial charge in [0.15, 0.2) is 0 Å². The van der Waals surface area contributed by atoms with Crippen LogP contribution in [0.25, 0.3) is 0 Å². The smallest absolute Gasteiger partial charge is 0.258 e. The highest BCUT2D eigenvalue weighted by Gasteiger charge is 2.11. The summed E-state index contributed by atoms with van der Waals surface area (Å²) in [7, 11) is 0. The second-order valence-electron chi connectivity index (χ2n) is 3.15. The Kier molecular flexibility index (Phi) is 2.78. The number of nitrogen functional groups attached to an aromatic ring is 1. The lowest BCUT2D eigenvalue weighted by atomic mass is 10.2. The first-order valence-electron chi connectivity index (χ1n) is 4.52. The van der Waals surface area contributed by atoms with E-state index in [1.807, 2.05) is 0 Å². The van der Waals surface area contributed by atoms with Crippen LogP contribution >= 0.6 is 11.6 Å². The molecule has 0 spiro atoms. The zero-order valence-electron chi connectivity index (χ0n) is 8.20. The van der Waals surface area contributed by atoms with Gasteiger partial charge in [-0.2, -0.15) is 5.10 Å². The van der Waals surface area contributed by atoms with Crippen molar-refractivity contribution in [3.63, 3.8) is 0 Å². The van der Waals surface area contributed by atoms with Crippen LogP contribution in [0.3, 0.4) is 0 Å². The average molecular weight is 237 g/mol. The highest BCUT2D eigenvalue weighted by atomic mass is 35.5. The SMILES string of the molecule is Nc1cccc(Cl)c1NC(=O)c1cn[nH]c1. The summed E-state index contributed by atoms with van der Waals surface area (Å²) in [6.45, 7) is 0. The van der Waals surface area contributed by atoms with Gasteiger partial charge in [-0.05, 0) is 12.1 Å². The number of H-pyrrole nitrogens is 1. The lowest BCUT2D eigenvalue weighted by Gasteiger charge is -2.08. The van der Waals surface area contributed by atoms with E-state index in [1.165, 1.54) is 12.4 Å². The molecule has 0 aliphatic rings. The number of hydrogen-bond donors (Lipinski definition) is 3. The third-order valence-corrected chi connectivity index (χ3v) is 2.36. The summed E-state index contributed by atoms with van der Waals surface area (Å²) >= 11 is 5.92. The Morgan fingerprint density at radius 1 is 1.50 bits per heavy atom. The van der Waals surface area contributed by atoms with Crippen LogP contribution < -0.4 is 11.1 Å². The van der Waals surface area contributed by atoms with Crippen molar-refractivity contribution in [3.8, 4) is 0 Å². The van der Waals surface area contributed by atoms with Gasteiger partial charge in [0.1, 0.15) is 0 Å². The summed E-state index contributed by atoms with van der Waals surface area (Å²) < 4.78 is 0. The lowest BCUT2D eigenvalue weighted by molar-refractivity contribution is 0.102. The maximum absolute atomic E-state index is 11.7. The van der Waals surface area contributed by atoms with Crippen LogP contribution in [0.1, 0.15) is 10.4 Å². The van der Waals surface area contributed by atoms with Gasteiger partial charge in [-0.15, -0.1) is 0 Å². The zero-order chi connectivity index (χ0) is 11.5. The molecule has 1 amide bonds. The molecule has 0 unspecified atom stereocenters. The van der Waals surface area contributed by atoms with Crippen molar-refractivity contribution in [2.45, 2.75) is 0 Å². The van der Waals surface area contributed by atoms with E-state index in [0.717, 1.165) is 0 Å². The van der Waals surface area contributed by atoms with E-state index < -0.39 is 0 Å². The molecular formula is C10H9ClN4O. The number of nitrogens with two attached hydrogens (primary N) is 1. The molecule has 2 aromatic rings. The number of para-hydroxylation sites is 1. The normalized spacial score (nSPS) is 10.1. The fraction of sp³-hybridized carbons (Fsp3) is 0. The number of hydrogen-bond acceptors (Lipinski definition) is 3. The third kappa shape index (κ3) is 1.99. The van der Waals surface area contributed by atoms with Crippen LogP contribution in [0.4, 0.5) is 11.4 Å². The summed E-state index contributed by atoms with van der Waals surface area (Å²) in [5.74, 6) is -0.312. The Morgan fingerprint density at radius 3 is 2.94 bits per heavy atom. The number of carbonyl (C=O) groups excluding carboxylic acids is 1. The predicted molar refractivity (Wildman–Crippen MR) is 62.4 cm³/mol. The lowest BCUT2D eigenvalue weighted by Crippen LogP contribution is -2.12. The van der Waals surface area contributed by atoms with Crippen LogP contribution in [0.2, 0.25) is 5.02 Å². The van der Waals surface area contributed by atoms with Gasteiger partial charge in [0.2, 0.25) is 0 Å². The van der Waals surface area contributed by atoms with Crippen molar-refractivity contribution in [2.24, 2.45) is 0 Å². The number of carbonyl (C=O) groups is 1. The molecule has 0 aliphatic carbocycles. The quantitative estimate of drug-likeness (QED) is 0.697. The van der Waals surface area contributed by atoms with Crippen LogP contribution in [0, 0.1) is 0 Å². The minimum atomic E-state index is -0.312. The fourth-order valence-corrected chi connectivity index (χ4v) is 1.46. The highest BCUT2D eigenvalue weighted by Crippen LogP contribution is 2.28. The molecule has 5 nitrogen and oxygen atoms in total. The molecule has 0 bridgehead atoms. The molecule has 0 atom stereocenters. The number of amides is 1. The molecule has 0 aliphatic heterocycles. The molecule has 4 N–H and O–H groups in total. The van der Waals surface area contributed by atoms with Crippen LogP contribution in [-0.2, 0) is 0 Å². The largest absolute Gasteiger partial charge is 0.397 e. The van der Waals surface area contributed by atoms with Crippen molar-refractivity contribution >= 4 is 28.9 Å². The van der Waals surface area contributed by atoms with Crippen molar-refractivity contribution < 1.29 is 4.79 Å². The van der Waals surface area contributed by atoms with Gasteiger partial charge in [0.25, 0.3) is 5.91 Å². The van der Waals surface area contributed by atoms with Crippen molar-refractivity contribution in [1.29, 1.82) is 0 Å². The van der Waals surface area contributed by atoms with E-state index in [9.17, 15) is 4.79 Å². The number of nitrogens with one attached hydrogen (secondary N) is 2. The first-order chi connectivity index (χ1) is 7.68. The monoisotopic (exact) mass is 236 g/mol. The third-order valence-electron chi connectivity index (χ3n) is 2.04. The molecule has 2 rings (SSSR count). The molecule has 6 heteroatoms. The van der Waals surface area contributed by atoms with E-state index in [0.29, 0.717) is 22.0 Å². The number of aromatic amines is 1. The second-order valence-corrected chi connectivity index (χ2v) is 3.55. The van der Waals surface area contributed by atoms with Gasteiger partial charge in [0.05, 0.1) is 28.2 Å². The zero-order valence-corrected chi connectivity index (χ0v) is 8.95. The first-order valence-corrected chi connectivity index (χ1v) is 4.90. The average Bonchev–Trinajstić information content (AvgIpc) is 2.76. The molecule has 1 aromatic heterocycles. The van der Waals surface area contributed by atoms with Crippen molar-refractivity contribution in [3.05, 3.63) is 41.2 Å². The molecule has 0 radical (unpaired) electrons. The summed E-state index contributed by atoms with van der Waals surface area (Å²) in [6, 6.07) is 5.03. The minimum absolute atomic E-state index is 0.312. The standard InChI is InChI=1S/C10H9ClN4O/c11-7-2-1-3-8(12)9(7)15-10(16)6-4-13-14-5-6/h1-5H,12H2,(H,13,14)(H,15,16). The Labute approximate surface area is 96.6 Å². The van der Waals surface area contributed by atoms with E-state index >= 15 is 0 Å². The topological polar surface area (TPSA) is 83.8 Å². The van der Waals surface area contributed by atoms with Crippen molar-refractivity contribution in [1.82, 2.24) is 10.2 Å². The maximum atomic E-state index is 11.7. The molecular weight excluding hydrogens is 228 g/mol. The van der Waals surface area contributed by atoms with Crippen LogP contribution in [0.5, 0.6) is 0 Å². The number of benzene rings is 1. The Balaban J connectivity index is 2.25. The summed E-state index contributed by atoms with van der Waals surface area (Å²) in [4.78, 5) is 11.7. The van der Waals surface area contributed by atoms with Gasteiger partial charge in [0, 0.05) is 6.20 Å². The minimum Gasteiger partial charge on any atom is -0.397 e. The predicted octanol–water partition coefficient (Wildman–Crippen LogP) is 1.90. The number of aromatic nitrogens is 2. The van der Waals surface area contributed by atoms with Gasteiger partial charge in [-0.1, -0.05) is 17.7 Å². The first kappa shape index (κ1) is 10.5. The summed E-state index contributed by atoms with van der Waals surface area (Å²) in [5.41, 5.74) is 6.95. The second kappa shape index (κ2) is 4.24. The van der Waals surface area contributed by atoms with E-state index in [-0.39, 0.29) is 5.91 Å². The molecule has 1 aromatic carbocycles. The fourth-order valence-electron chi connectivity index (χ4n) is 1.23. The van der Waals surface area contributed by atoms with E-state index in [1.54, 1.807) is 18.2 Å². The Bertz CT molecular complexity index is 489. The van der Waals surface area contributed by atoms with Crippen molar-refractivity contribution in [2.75, 3.05) is 11.1 Å². The molecule has 16 heavy (non-hydrogen) atoms. The number of nitrogens with zero attached hydrogens (tertiary/aromatic N) is 1. The van der Waals surface area contributed by atoms with Crippen LogP contribution in [0.15, 0.2) is 30.6 Å². The van der Waals surface area contributed by atoms with Gasteiger partial charge >= 0.3 is 0 Å². The van der Waals surface area contributed by atoms with Crippen LogP contribution in [-0.4, -0.2) is 16.1 Å². The Hall–Kier alpha value is -2.01. The maximum Gasteiger partial charge on any atom is 0.258 e. The molecule has 1 heterocycles. The summed E-state index contributed by atoms with van der Waals surface area (Å²) in [6.07, 6.45) is 2.91. The number of anilines is 2. The molecule has 0 fully saturated rings. The molecule has 0 saturated carbocycles. The molecule has 82 valence electrons. The van der Waals surface area contributed by atoms with Gasteiger partial charge < -0.3 is 11.1 Å². The van der Waals surface area contributed by atoms with E-state index in [4.69, 9.17) is 17.3 Å². The number of halogens is 1. The van der Waals surface area contributed by atoms with E-state index in [2.05, 4.69) is 15.5 Å².